The smallest absolute Gasteiger partial charge is 0.226 e. The Balaban J connectivity index is 1.35. The molecule has 0 spiro atoms. The first-order valence-electron chi connectivity index (χ1n) is 9.97. The number of nitrogens with one attached hydrogen (secondary N) is 3. The van der Waals surface area contributed by atoms with Gasteiger partial charge in [-0.15, -0.1) is 0 Å². The van der Waals surface area contributed by atoms with Gasteiger partial charge in [-0.1, -0.05) is 42.5 Å². The predicted octanol–water partition coefficient (Wildman–Crippen LogP) is 3.65. The monoisotopic (exact) mass is 390 g/mol. The molecular weight excluding hydrogens is 367 g/mol. The van der Waals surface area contributed by atoms with E-state index in [0.717, 1.165) is 42.3 Å². The summed E-state index contributed by atoms with van der Waals surface area (Å²) in [6.07, 6.45) is 1.71. The molecule has 0 bridgehead atoms. The molecule has 2 aromatic carbocycles. The molecule has 0 fully saturated rings. The lowest BCUT2D eigenvalue weighted by Crippen LogP contribution is -2.34. The molecule has 2 aliphatic rings. The van der Waals surface area contributed by atoms with E-state index in [1.807, 2.05) is 12.1 Å². The number of aromatic nitrogens is 2. The third-order valence-electron chi connectivity index (χ3n) is 5.43. The number of nitrogens with zero attached hydrogens (tertiary/aromatic N) is 3. The normalized spacial score (nSPS) is 17.0. The minimum absolute atomic E-state index is 0.210. The molecule has 0 saturated carbocycles. The maximum Gasteiger partial charge on any atom is 0.226 e. The molecule has 3 N–H and O–H groups in total. The van der Waals surface area contributed by atoms with Crippen LogP contribution in [0.1, 0.15) is 29.2 Å². The van der Waals surface area contributed by atoms with E-state index in [-0.39, 0.29) is 11.9 Å². The topological polar surface area (TPSA) is 65.1 Å². The third kappa shape index (κ3) is 3.73. The molecule has 29 heavy (non-hydrogen) atoms. The standard InChI is InChI=1S/C22H23FN6/c23-17-8-4-7-15(13-17)9-11-24-22-25-20-19-18(27-28-20)10-12-29(21(19)26-22)14-16-5-2-1-3-6-16/h1-8,13,18,27H,9-12,14H2,(H2,24,25,26,28). The number of anilines is 3. The minimum atomic E-state index is -0.210. The number of hydrogen-bond donors (Lipinski definition) is 3. The van der Waals surface area contributed by atoms with Crippen molar-refractivity contribution in [1.29, 1.82) is 0 Å². The van der Waals surface area contributed by atoms with Gasteiger partial charge in [0.2, 0.25) is 5.95 Å². The molecule has 1 atom stereocenters. The van der Waals surface area contributed by atoms with Crippen LogP contribution in [0, 0.1) is 5.82 Å². The summed E-state index contributed by atoms with van der Waals surface area (Å²) in [5, 5.41) is 3.30. The number of benzene rings is 2. The fraction of sp³-hybridized carbons (Fsp3) is 0.273. The number of hydrogen-bond acceptors (Lipinski definition) is 6. The third-order valence-corrected chi connectivity index (χ3v) is 5.43. The molecule has 148 valence electrons. The molecule has 2 aliphatic heterocycles. The molecule has 1 aromatic heterocycles. The van der Waals surface area contributed by atoms with Crippen LogP contribution >= 0.6 is 0 Å². The lowest BCUT2D eigenvalue weighted by atomic mass is 10.0. The van der Waals surface area contributed by atoms with Gasteiger partial charge in [0.1, 0.15) is 11.6 Å². The quantitative estimate of drug-likeness (QED) is 0.597. The van der Waals surface area contributed by atoms with Crippen LogP contribution in [0.3, 0.4) is 0 Å². The molecule has 3 aromatic rings. The highest BCUT2D eigenvalue weighted by molar-refractivity contribution is 5.67. The Morgan fingerprint density at radius 3 is 2.79 bits per heavy atom. The molecule has 0 amide bonds. The van der Waals surface area contributed by atoms with Crippen LogP contribution in [0.15, 0.2) is 54.6 Å². The van der Waals surface area contributed by atoms with Crippen LogP contribution in [0.25, 0.3) is 0 Å². The molecule has 0 radical (unpaired) electrons. The first kappa shape index (κ1) is 17.9. The minimum Gasteiger partial charge on any atom is -0.354 e. The fourth-order valence-corrected chi connectivity index (χ4v) is 4.00. The summed E-state index contributed by atoms with van der Waals surface area (Å²) >= 11 is 0. The van der Waals surface area contributed by atoms with Crippen LogP contribution in [0.4, 0.5) is 22.0 Å². The molecule has 1 unspecified atom stereocenters. The Hall–Kier alpha value is -3.19. The maximum atomic E-state index is 13.4. The average Bonchev–Trinajstić information content (AvgIpc) is 3.15. The zero-order valence-corrected chi connectivity index (χ0v) is 16.0. The fourth-order valence-electron chi connectivity index (χ4n) is 4.00. The van der Waals surface area contributed by atoms with Gasteiger partial charge in [0.05, 0.1) is 11.6 Å². The van der Waals surface area contributed by atoms with Crippen LogP contribution < -0.4 is 21.1 Å². The van der Waals surface area contributed by atoms with E-state index in [0.29, 0.717) is 18.9 Å². The zero-order valence-electron chi connectivity index (χ0n) is 16.0. The van der Waals surface area contributed by atoms with Crippen LogP contribution in [-0.2, 0) is 13.0 Å². The highest BCUT2D eigenvalue weighted by Crippen LogP contribution is 2.41. The lowest BCUT2D eigenvalue weighted by molar-refractivity contribution is 0.534. The summed E-state index contributed by atoms with van der Waals surface area (Å²) in [6, 6.07) is 17.4. The van der Waals surface area contributed by atoms with Crippen molar-refractivity contribution in [1.82, 2.24) is 15.4 Å². The zero-order chi connectivity index (χ0) is 19.6. The lowest BCUT2D eigenvalue weighted by Gasteiger charge is -2.32. The van der Waals surface area contributed by atoms with Gasteiger partial charge in [-0.25, -0.2) is 9.82 Å². The van der Waals surface area contributed by atoms with Crippen molar-refractivity contribution in [3.05, 3.63) is 77.1 Å². The Morgan fingerprint density at radius 1 is 1.07 bits per heavy atom. The van der Waals surface area contributed by atoms with Crippen molar-refractivity contribution < 1.29 is 4.39 Å². The number of hydrazine groups is 1. The second kappa shape index (κ2) is 7.67. The second-order valence-corrected chi connectivity index (χ2v) is 7.46. The van der Waals surface area contributed by atoms with Gasteiger partial charge in [0, 0.05) is 19.6 Å². The Labute approximate surface area is 169 Å². The molecule has 7 heteroatoms. The highest BCUT2D eigenvalue weighted by Gasteiger charge is 2.34. The molecule has 3 heterocycles. The van der Waals surface area contributed by atoms with Gasteiger partial charge in [-0.2, -0.15) is 9.97 Å². The predicted molar refractivity (Wildman–Crippen MR) is 112 cm³/mol. The summed E-state index contributed by atoms with van der Waals surface area (Å²) in [7, 11) is 0. The number of rotatable bonds is 6. The van der Waals surface area contributed by atoms with Gasteiger partial charge in [0.25, 0.3) is 0 Å². The van der Waals surface area contributed by atoms with E-state index in [9.17, 15) is 4.39 Å². The van der Waals surface area contributed by atoms with Gasteiger partial charge in [-0.05, 0) is 36.1 Å². The molecule has 6 nitrogen and oxygen atoms in total. The van der Waals surface area contributed by atoms with Crippen LogP contribution in [0.2, 0.25) is 0 Å². The Morgan fingerprint density at radius 2 is 1.93 bits per heavy atom. The summed E-state index contributed by atoms with van der Waals surface area (Å²) in [4.78, 5) is 11.8. The molecule has 0 aliphatic carbocycles. The van der Waals surface area contributed by atoms with Gasteiger partial charge in [0.15, 0.2) is 5.82 Å². The van der Waals surface area contributed by atoms with E-state index in [1.165, 1.54) is 11.6 Å². The van der Waals surface area contributed by atoms with E-state index >= 15 is 0 Å². The largest absolute Gasteiger partial charge is 0.354 e. The summed E-state index contributed by atoms with van der Waals surface area (Å²) in [6.45, 7) is 2.39. The van der Waals surface area contributed by atoms with Crippen LogP contribution in [-0.4, -0.2) is 23.1 Å². The van der Waals surface area contributed by atoms with Crippen molar-refractivity contribution in [2.45, 2.75) is 25.4 Å². The summed E-state index contributed by atoms with van der Waals surface area (Å²) in [5.74, 6) is 2.19. The van der Waals surface area contributed by atoms with Crippen molar-refractivity contribution in [3.8, 4) is 0 Å². The van der Waals surface area contributed by atoms with Crippen molar-refractivity contribution in [3.63, 3.8) is 0 Å². The van der Waals surface area contributed by atoms with E-state index in [1.54, 1.807) is 12.1 Å². The van der Waals surface area contributed by atoms with E-state index < -0.39 is 0 Å². The van der Waals surface area contributed by atoms with Crippen molar-refractivity contribution >= 4 is 17.6 Å². The highest BCUT2D eigenvalue weighted by atomic mass is 19.1. The van der Waals surface area contributed by atoms with Crippen molar-refractivity contribution in [2.75, 3.05) is 28.7 Å². The summed E-state index contributed by atoms with van der Waals surface area (Å²) < 4.78 is 13.4. The number of halogens is 1. The Kier molecular flexibility index (Phi) is 4.73. The Bertz CT molecular complexity index is 1010. The van der Waals surface area contributed by atoms with Gasteiger partial charge < -0.3 is 15.6 Å². The molecule has 0 saturated heterocycles. The molecule has 5 rings (SSSR count). The molecular formula is C22H23FN6. The van der Waals surface area contributed by atoms with E-state index in [2.05, 4.69) is 50.3 Å². The average molecular weight is 390 g/mol. The first-order chi connectivity index (χ1) is 14.3. The maximum absolute atomic E-state index is 13.4. The summed E-state index contributed by atoms with van der Waals surface area (Å²) in [5.41, 5.74) is 9.87. The van der Waals surface area contributed by atoms with E-state index in [4.69, 9.17) is 4.98 Å². The first-order valence-corrected chi connectivity index (χ1v) is 9.97. The van der Waals surface area contributed by atoms with Gasteiger partial charge in [-0.3, -0.25) is 0 Å². The van der Waals surface area contributed by atoms with Crippen LogP contribution in [0.5, 0.6) is 0 Å². The SMILES string of the molecule is Fc1cccc(CCNc2nc3c4c(n2)N(Cc2ccccc2)CCC4NN3)c1. The van der Waals surface area contributed by atoms with Crippen molar-refractivity contribution in [2.24, 2.45) is 0 Å². The van der Waals surface area contributed by atoms with Gasteiger partial charge >= 0.3 is 0 Å². The second-order valence-electron chi connectivity index (χ2n) is 7.46.